The summed E-state index contributed by atoms with van der Waals surface area (Å²) < 4.78 is 32.6. The predicted molar refractivity (Wildman–Crippen MR) is 114 cm³/mol. The standard InChI is InChI=1S/C20H25N3O4S2/c24-19(21-17-5-1-2-6-18(17)22-11-13-27-14-12-22)15-16-7-8-20(28-16)29(25,26)23-9-3-4-10-23/h1-2,5-8H,3-4,9-15H2,(H,21,24). The number of sulfonamides is 1. The van der Waals surface area contributed by atoms with Crippen molar-refractivity contribution < 1.29 is 17.9 Å². The summed E-state index contributed by atoms with van der Waals surface area (Å²) >= 11 is 1.18. The lowest BCUT2D eigenvalue weighted by atomic mass is 10.2. The summed E-state index contributed by atoms with van der Waals surface area (Å²) in [6.45, 7) is 4.07. The Labute approximate surface area is 175 Å². The van der Waals surface area contributed by atoms with Crippen LogP contribution in [0.1, 0.15) is 17.7 Å². The van der Waals surface area contributed by atoms with Crippen molar-refractivity contribution in [3.05, 3.63) is 41.3 Å². The highest BCUT2D eigenvalue weighted by Crippen LogP contribution is 2.29. The summed E-state index contributed by atoms with van der Waals surface area (Å²) in [6.07, 6.45) is 1.96. The van der Waals surface area contributed by atoms with Gasteiger partial charge in [0.2, 0.25) is 5.91 Å². The normalized spacial score (nSPS) is 18.1. The summed E-state index contributed by atoms with van der Waals surface area (Å²) in [7, 11) is -3.43. The van der Waals surface area contributed by atoms with E-state index in [1.165, 1.54) is 15.6 Å². The lowest BCUT2D eigenvalue weighted by Crippen LogP contribution is -2.36. The fraction of sp³-hybridized carbons (Fsp3) is 0.450. The second kappa shape index (κ2) is 8.83. The molecule has 0 unspecified atom stereocenters. The highest BCUT2D eigenvalue weighted by Gasteiger charge is 2.28. The number of thiophene rings is 1. The molecule has 0 saturated carbocycles. The Morgan fingerprint density at radius 1 is 1.03 bits per heavy atom. The molecular formula is C20H25N3O4S2. The van der Waals surface area contributed by atoms with Crippen molar-refractivity contribution in [1.82, 2.24) is 4.31 Å². The third-order valence-corrected chi connectivity index (χ3v) is 8.61. The smallest absolute Gasteiger partial charge is 0.252 e. The van der Waals surface area contributed by atoms with Crippen molar-refractivity contribution in [2.24, 2.45) is 0 Å². The maximum absolute atomic E-state index is 12.7. The van der Waals surface area contributed by atoms with Crippen molar-refractivity contribution in [3.8, 4) is 0 Å². The quantitative estimate of drug-likeness (QED) is 0.754. The molecule has 156 valence electrons. The molecule has 2 aromatic rings. The minimum Gasteiger partial charge on any atom is -0.378 e. The van der Waals surface area contributed by atoms with Crippen LogP contribution in [0.25, 0.3) is 0 Å². The van der Waals surface area contributed by atoms with Crippen LogP contribution in [0.2, 0.25) is 0 Å². The molecule has 2 saturated heterocycles. The molecule has 9 heteroatoms. The Kier molecular flexibility index (Phi) is 6.19. The van der Waals surface area contributed by atoms with Gasteiger partial charge in [-0.05, 0) is 37.1 Å². The number of nitrogens with one attached hydrogen (secondary N) is 1. The number of carbonyl (C=O) groups excluding carboxylic acids is 1. The molecule has 0 aliphatic carbocycles. The van der Waals surface area contributed by atoms with Crippen LogP contribution >= 0.6 is 11.3 Å². The largest absolute Gasteiger partial charge is 0.378 e. The molecule has 2 aliphatic rings. The number of hydrogen-bond donors (Lipinski definition) is 1. The Morgan fingerprint density at radius 3 is 2.52 bits per heavy atom. The molecule has 1 aromatic heterocycles. The van der Waals surface area contributed by atoms with E-state index in [2.05, 4.69) is 10.2 Å². The highest BCUT2D eigenvalue weighted by atomic mass is 32.2. The summed E-state index contributed by atoms with van der Waals surface area (Å²) in [5.74, 6) is -0.155. The molecule has 7 nitrogen and oxygen atoms in total. The average molecular weight is 436 g/mol. The van der Waals surface area contributed by atoms with Gasteiger partial charge in [-0.15, -0.1) is 11.3 Å². The molecule has 29 heavy (non-hydrogen) atoms. The number of morpholine rings is 1. The van der Waals surface area contributed by atoms with E-state index in [4.69, 9.17) is 4.74 Å². The van der Waals surface area contributed by atoms with Crippen molar-refractivity contribution >= 4 is 38.6 Å². The highest BCUT2D eigenvalue weighted by molar-refractivity contribution is 7.91. The molecule has 1 amide bonds. The van der Waals surface area contributed by atoms with E-state index >= 15 is 0 Å². The van der Waals surface area contributed by atoms with E-state index in [1.807, 2.05) is 24.3 Å². The first kappa shape index (κ1) is 20.3. The van der Waals surface area contributed by atoms with Crippen molar-refractivity contribution in [3.63, 3.8) is 0 Å². The topological polar surface area (TPSA) is 79.0 Å². The zero-order chi connectivity index (χ0) is 20.3. The van der Waals surface area contributed by atoms with Gasteiger partial charge in [-0.1, -0.05) is 12.1 Å². The van der Waals surface area contributed by atoms with Crippen LogP contribution in [-0.4, -0.2) is 58.0 Å². The van der Waals surface area contributed by atoms with Crippen molar-refractivity contribution in [2.45, 2.75) is 23.5 Å². The van der Waals surface area contributed by atoms with E-state index in [9.17, 15) is 13.2 Å². The van der Waals surface area contributed by atoms with E-state index in [-0.39, 0.29) is 12.3 Å². The molecular weight excluding hydrogens is 410 g/mol. The van der Waals surface area contributed by atoms with Gasteiger partial charge in [0.25, 0.3) is 10.0 Å². The molecule has 1 N–H and O–H groups in total. The van der Waals surface area contributed by atoms with Gasteiger partial charge in [-0.2, -0.15) is 4.31 Å². The van der Waals surface area contributed by atoms with Gasteiger partial charge < -0.3 is 15.0 Å². The van der Waals surface area contributed by atoms with Gasteiger partial charge in [0, 0.05) is 31.1 Å². The number of ether oxygens (including phenoxy) is 1. The number of anilines is 2. The summed E-state index contributed by atoms with van der Waals surface area (Å²) in [5.41, 5.74) is 1.74. The minimum absolute atomic E-state index is 0.150. The number of hydrogen-bond acceptors (Lipinski definition) is 6. The van der Waals surface area contributed by atoms with Crippen LogP contribution in [0.3, 0.4) is 0 Å². The molecule has 2 aliphatic heterocycles. The maximum Gasteiger partial charge on any atom is 0.252 e. The van der Waals surface area contributed by atoms with Crippen LogP contribution in [0.5, 0.6) is 0 Å². The van der Waals surface area contributed by atoms with E-state index < -0.39 is 10.0 Å². The van der Waals surface area contributed by atoms with Crippen molar-refractivity contribution in [1.29, 1.82) is 0 Å². The van der Waals surface area contributed by atoms with Gasteiger partial charge >= 0.3 is 0 Å². The fourth-order valence-electron chi connectivity index (χ4n) is 3.66. The number of rotatable bonds is 6. The average Bonchev–Trinajstić information content (AvgIpc) is 3.42. The summed E-state index contributed by atoms with van der Waals surface area (Å²) in [4.78, 5) is 15.6. The van der Waals surface area contributed by atoms with Crippen molar-refractivity contribution in [2.75, 3.05) is 49.6 Å². The molecule has 0 bridgehead atoms. The molecule has 4 rings (SSSR count). The molecule has 0 spiro atoms. The first-order chi connectivity index (χ1) is 14.0. The fourth-order valence-corrected chi connectivity index (χ4v) is 6.69. The Bertz CT molecular complexity index is 962. The third-order valence-electron chi connectivity index (χ3n) is 5.16. The molecule has 1 aromatic carbocycles. The van der Waals surface area contributed by atoms with Gasteiger partial charge in [0.15, 0.2) is 0 Å². The Balaban J connectivity index is 1.43. The SMILES string of the molecule is O=C(Cc1ccc(S(=O)(=O)N2CCCC2)s1)Nc1ccccc1N1CCOCC1. The zero-order valence-corrected chi connectivity index (χ0v) is 17.8. The maximum atomic E-state index is 12.7. The minimum atomic E-state index is -3.43. The Morgan fingerprint density at radius 2 is 1.76 bits per heavy atom. The summed E-state index contributed by atoms with van der Waals surface area (Å²) in [5, 5.41) is 2.98. The lowest BCUT2D eigenvalue weighted by Gasteiger charge is -2.30. The van der Waals surface area contributed by atoms with Crippen LogP contribution in [-0.2, 0) is 26.0 Å². The van der Waals surface area contributed by atoms with E-state index in [0.29, 0.717) is 30.5 Å². The number of amides is 1. The van der Waals surface area contributed by atoms with Gasteiger partial charge in [-0.25, -0.2) is 8.42 Å². The second-order valence-corrected chi connectivity index (χ2v) is 10.5. The number of carbonyl (C=O) groups is 1. The summed E-state index contributed by atoms with van der Waals surface area (Å²) in [6, 6.07) is 11.1. The number of benzene rings is 1. The number of para-hydroxylation sites is 2. The second-order valence-electron chi connectivity index (χ2n) is 7.17. The molecule has 2 fully saturated rings. The predicted octanol–water partition coefficient (Wildman–Crippen LogP) is 2.55. The van der Waals surface area contributed by atoms with Gasteiger partial charge in [-0.3, -0.25) is 4.79 Å². The lowest BCUT2D eigenvalue weighted by molar-refractivity contribution is -0.115. The van der Waals surface area contributed by atoms with Crippen LogP contribution < -0.4 is 10.2 Å². The van der Waals surface area contributed by atoms with Crippen LogP contribution in [0.15, 0.2) is 40.6 Å². The van der Waals surface area contributed by atoms with E-state index in [1.54, 1.807) is 12.1 Å². The number of nitrogens with zero attached hydrogens (tertiary/aromatic N) is 2. The zero-order valence-electron chi connectivity index (χ0n) is 16.2. The van der Waals surface area contributed by atoms with Gasteiger partial charge in [0.05, 0.1) is 31.0 Å². The van der Waals surface area contributed by atoms with Crippen LogP contribution in [0, 0.1) is 0 Å². The molecule has 3 heterocycles. The monoisotopic (exact) mass is 435 g/mol. The Hall–Kier alpha value is -1.94. The van der Waals surface area contributed by atoms with Gasteiger partial charge in [0.1, 0.15) is 4.21 Å². The first-order valence-corrected chi connectivity index (χ1v) is 12.1. The molecule has 0 atom stereocenters. The van der Waals surface area contributed by atoms with Crippen LogP contribution in [0.4, 0.5) is 11.4 Å². The first-order valence-electron chi connectivity index (χ1n) is 9.84. The molecule has 0 radical (unpaired) electrons. The third kappa shape index (κ3) is 4.63. The van der Waals surface area contributed by atoms with E-state index in [0.717, 1.165) is 42.2 Å².